The largest absolute Gasteiger partial charge is 0.377 e. The molecule has 19 heavy (non-hydrogen) atoms. The third-order valence-corrected chi connectivity index (χ3v) is 3.16. The zero-order valence-corrected chi connectivity index (χ0v) is 12.3. The minimum absolute atomic E-state index is 0.00843. The van der Waals surface area contributed by atoms with Crippen LogP contribution in [0.2, 0.25) is 0 Å². The van der Waals surface area contributed by atoms with Crippen molar-refractivity contribution < 1.29 is 14.0 Å². The molecule has 1 saturated heterocycles. The molecule has 1 aromatic heterocycles. The summed E-state index contributed by atoms with van der Waals surface area (Å²) in [5.74, 6) is 0.767. The number of aromatic nitrogens is 1. The van der Waals surface area contributed by atoms with Gasteiger partial charge in [-0.15, -0.1) is 0 Å². The van der Waals surface area contributed by atoms with Gasteiger partial charge in [0.2, 0.25) is 0 Å². The fourth-order valence-corrected chi connectivity index (χ4v) is 2.06. The van der Waals surface area contributed by atoms with E-state index in [-0.39, 0.29) is 11.0 Å². The van der Waals surface area contributed by atoms with Crippen molar-refractivity contribution >= 4 is 0 Å². The molecule has 1 aromatic rings. The lowest BCUT2D eigenvalue weighted by molar-refractivity contribution is -0.0774. The lowest BCUT2D eigenvalue weighted by Gasteiger charge is -2.43. The maximum absolute atomic E-state index is 5.38. The lowest BCUT2D eigenvalue weighted by Crippen LogP contribution is -2.63. The van der Waals surface area contributed by atoms with Crippen molar-refractivity contribution in [2.45, 2.75) is 39.3 Å². The topological polar surface area (TPSA) is 56.5 Å². The summed E-state index contributed by atoms with van der Waals surface area (Å²) in [6, 6.07) is 1.96. The zero-order valence-electron chi connectivity index (χ0n) is 12.3. The summed E-state index contributed by atoms with van der Waals surface area (Å²) in [5.41, 5.74) is 1.22. The first-order chi connectivity index (χ1) is 8.92. The summed E-state index contributed by atoms with van der Waals surface area (Å²) < 4.78 is 15.6. The predicted molar refractivity (Wildman–Crippen MR) is 71.9 cm³/mol. The van der Waals surface area contributed by atoms with Crippen LogP contribution in [0.5, 0.6) is 0 Å². The third kappa shape index (κ3) is 4.03. The van der Waals surface area contributed by atoms with Gasteiger partial charge < -0.3 is 19.3 Å². The number of rotatable bonds is 6. The number of ether oxygens (including phenoxy) is 2. The Morgan fingerprint density at radius 2 is 2.16 bits per heavy atom. The minimum Gasteiger partial charge on any atom is -0.377 e. The number of methoxy groups -OCH3 is 1. The molecule has 2 heterocycles. The van der Waals surface area contributed by atoms with Crippen LogP contribution in [0.4, 0.5) is 0 Å². The van der Waals surface area contributed by atoms with Gasteiger partial charge in [-0.05, 0) is 5.41 Å². The van der Waals surface area contributed by atoms with E-state index in [0.717, 1.165) is 37.6 Å². The molecular weight excluding hydrogens is 244 g/mol. The highest BCUT2D eigenvalue weighted by atomic mass is 16.5. The van der Waals surface area contributed by atoms with Crippen molar-refractivity contribution in [1.29, 1.82) is 0 Å². The van der Waals surface area contributed by atoms with Crippen LogP contribution in [-0.2, 0) is 22.5 Å². The molecule has 2 rings (SSSR count). The highest BCUT2D eigenvalue weighted by molar-refractivity contribution is 5.12. The molecule has 1 N–H and O–H groups in total. The molecule has 0 atom stereocenters. The van der Waals surface area contributed by atoms with E-state index in [1.54, 1.807) is 7.11 Å². The molecule has 0 unspecified atom stereocenters. The smallest absolute Gasteiger partial charge is 0.162 e. The second-order valence-electron chi connectivity index (χ2n) is 6.58. The lowest BCUT2D eigenvalue weighted by atomic mass is 9.88. The number of hydrogen-bond acceptors (Lipinski definition) is 5. The first kappa shape index (κ1) is 14.5. The fourth-order valence-electron chi connectivity index (χ4n) is 2.06. The van der Waals surface area contributed by atoms with Crippen molar-refractivity contribution in [3.05, 3.63) is 17.5 Å². The van der Waals surface area contributed by atoms with Gasteiger partial charge >= 0.3 is 0 Å². The Hall–Kier alpha value is -0.910. The number of nitrogens with one attached hydrogen (secondary N) is 1. The van der Waals surface area contributed by atoms with Crippen LogP contribution < -0.4 is 5.32 Å². The molecule has 0 aliphatic carbocycles. The summed E-state index contributed by atoms with van der Waals surface area (Å²) in [5, 5.41) is 7.72. The Labute approximate surface area is 114 Å². The molecule has 0 radical (unpaired) electrons. The van der Waals surface area contributed by atoms with E-state index in [1.807, 2.05) is 6.07 Å². The highest BCUT2D eigenvalue weighted by Crippen LogP contribution is 2.24. The Morgan fingerprint density at radius 3 is 2.68 bits per heavy atom. The normalized spacial score (nSPS) is 18.3. The van der Waals surface area contributed by atoms with Crippen LogP contribution in [0.3, 0.4) is 0 Å². The van der Waals surface area contributed by atoms with Gasteiger partial charge in [0.05, 0.1) is 24.4 Å². The van der Waals surface area contributed by atoms with Gasteiger partial charge in [0.15, 0.2) is 5.76 Å². The molecule has 0 spiro atoms. The zero-order chi connectivity index (χ0) is 13.9. The van der Waals surface area contributed by atoms with E-state index in [9.17, 15) is 0 Å². The average Bonchev–Trinajstić information content (AvgIpc) is 2.69. The van der Waals surface area contributed by atoms with Gasteiger partial charge in [0.25, 0.3) is 0 Å². The van der Waals surface area contributed by atoms with E-state index in [1.165, 1.54) is 0 Å². The summed E-state index contributed by atoms with van der Waals surface area (Å²) in [6.07, 6.45) is 0.830. The molecule has 1 aliphatic heterocycles. The summed E-state index contributed by atoms with van der Waals surface area (Å²) in [4.78, 5) is 0. The Morgan fingerprint density at radius 1 is 1.42 bits per heavy atom. The molecule has 5 heteroatoms. The molecule has 1 fully saturated rings. The second kappa shape index (κ2) is 5.61. The van der Waals surface area contributed by atoms with Gasteiger partial charge in [0, 0.05) is 26.1 Å². The van der Waals surface area contributed by atoms with Crippen LogP contribution >= 0.6 is 0 Å². The minimum atomic E-state index is 0.00843. The predicted octanol–water partition coefficient (Wildman–Crippen LogP) is 1.77. The Balaban J connectivity index is 1.93. The van der Waals surface area contributed by atoms with Crippen molar-refractivity contribution in [3.8, 4) is 0 Å². The van der Waals surface area contributed by atoms with Crippen molar-refractivity contribution in [3.63, 3.8) is 0 Å². The van der Waals surface area contributed by atoms with Crippen LogP contribution in [-0.4, -0.2) is 37.6 Å². The van der Waals surface area contributed by atoms with Crippen molar-refractivity contribution in [2.24, 2.45) is 5.41 Å². The quantitative estimate of drug-likeness (QED) is 0.852. The summed E-state index contributed by atoms with van der Waals surface area (Å²) >= 11 is 0. The van der Waals surface area contributed by atoms with E-state index >= 15 is 0 Å². The monoisotopic (exact) mass is 268 g/mol. The van der Waals surface area contributed by atoms with E-state index in [4.69, 9.17) is 14.0 Å². The van der Waals surface area contributed by atoms with Gasteiger partial charge in [-0.2, -0.15) is 0 Å². The third-order valence-electron chi connectivity index (χ3n) is 3.16. The van der Waals surface area contributed by atoms with E-state index in [0.29, 0.717) is 6.61 Å². The van der Waals surface area contributed by atoms with Crippen molar-refractivity contribution in [2.75, 3.05) is 26.9 Å². The van der Waals surface area contributed by atoms with E-state index < -0.39 is 0 Å². The van der Waals surface area contributed by atoms with Crippen molar-refractivity contribution in [1.82, 2.24) is 10.5 Å². The molecule has 0 saturated carbocycles. The Bertz CT molecular complexity index is 405. The average molecular weight is 268 g/mol. The molecule has 0 aromatic carbocycles. The van der Waals surface area contributed by atoms with Crippen LogP contribution in [0.15, 0.2) is 10.6 Å². The first-order valence-electron chi connectivity index (χ1n) is 6.69. The number of nitrogens with zero attached hydrogens (tertiary/aromatic N) is 1. The van der Waals surface area contributed by atoms with Gasteiger partial charge in [-0.25, -0.2) is 0 Å². The van der Waals surface area contributed by atoms with Gasteiger partial charge in [-0.3, -0.25) is 0 Å². The SMILES string of the molecule is COCc1cc(CC2(NCC(C)(C)C)COC2)no1. The second-order valence-corrected chi connectivity index (χ2v) is 6.58. The molecular formula is C14H24N2O3. The highest BCUT2D eigenvalue weighted by Gasteiger charge is 2.39. The fraction of sp³-hybridized carbons (Fsp3) is 0.786. The molecule has 0 bridgehead atoms. The van der Waals surface area contributed by atoms with Gasteiger partial charge in [-0.1, -0.05) is 25.9 Å². The molecule has 1 aliphatic rings. The first-order valence-corrected chi connectivity index (χ1v) is 6.69. The summed E-state index contributed by atoms with van der Waals surface area (Å²) in [6.45, 7) is 9.55. The molecule has 5 nitrogen and oxygen atoms in total. The maximum atomic E-state index is 5.38. The number of hydrogen-bond donors (Lipinski definition) is 1. The van der Waals surface area contributed by atoms with Gasteiger partial charge in [0.1, 0.15) is 6.61 Å². The Kier molecular flexibility index (Phi) is 4.28. The standard InChI is InChI=1S/C14H24N2O3/c1-13(2,3)8-15-14(9-18-10-14)6-11-5-12(7-17-4)19-16-11/h5,15H,6-10H2,1-4H3. The van der Waals surface area contributed by atoms with Crippen LogP contribution in [0.1, 0.15) is 32.2 Å². The molecule has 108 valence electrons. The maximum Gasteiger partial charge on any atom is 0.162 e. The molecule has 0 amide bonds. The van der Waals surface area contributed by atoms with E-state index in [2.05, 4.69) is 31.2 Å². The van der Waals surface area contributed by atoms with Crippen LogP contribution in [0, 0.1) is 5.41 Å². The van der Waals surface area contributed by atoms with Crippen LogP contribution in [0.25, 0.3) is 0 Å². The summed E-state index contributed by atoms with van der Waals surface area (Å²) in [7, 11) is 1.65.